The minimum Gasteiger partial charge on any atom is -0.459 e. The van der Waals surface area contributed by atoms with Crippen molar-refractivity contribution < 1.29 is 9.53 Å². The van der Waals surface area contributed by atoms with E-state index < -0.39 is 0 Å². The lowest BCUT2D eigenvalue weighted by Crippen LogP contribution is -2.17. The van der Waals surface area contributed by atoms with Crippen LogP contribution in [0.2, 0.25) is 10.0 Å². The third-order valence-electron chi connectivity index (χ3n) is 3.86. The average Bonchev–Trinajstić information content (AvgIpc) is 2.60. The van der Waals surface area contributed by atoms with Crippen molar-refractivity contribution in [2.24, 2.45) is 0 Å². The van der Waals surface area contributed by atoms with Crippen LogP contribution in [0.3, 0.4) is 0 Å². The van der Waals surface area contributed by atoms with Crippen molar-refractivity contribution in [1.29, 1.82) is 0 Å². The Bertz CT molecular complexity index is 1030. The number of halogens is 2. The molecule has 26 heavy (non-hydrogen) atoms. The van der Waals surface area contributed by atoms with Crippen molar-refractivity contribution in [3.63, 3.8) is 0 Å². The lowest BCUT2D eigenvalue weighted by atomic mass is 10.1. The summed E-state index contributed by atoms with van der Waals surface area (Å²) in [5, 5.41) is 1.06. The molecule has 2 aromatic heterocycles. The maximum Gasteiger partial charge on any atom is 0.306 e. The van der Waals surface area contributed by atoms with Gasteiger partial charge in [0.15, 0.2) is 0 Å². The summed E-state index contributed by atoms with van der Waals surface area (Å²) in [6.07, 6.45) is 2.34. The number of aryl methyl sites for hydroxylation is 2. The molecule has 0 radical (unpaired) electrons. The van der Waals surface area contributed by atoms with Crippen molar-refractivity contribution in [1.82, 2.24) is 9.38 Å². The maximum atomic E-state index is 12.1. The second-order valence-electron chi connectivity index (χ2n) is 5.92. The number of rotatable bonds is 5. The highest BCUT2D eigenvalue weighted by atomic mass is 35.5. The van der Waals surface area contributed by atoms with Crippen LogP contribution in [0.25, 0.3) is 5.65 Å². The van der Waals surface area contributed by atoms with Crippen molar-refractivity contribution in [3.05, 3.63) is 79.8 Å². The first kappa shape index (κ1) is 18.4. The van der Waals surface area contributed by atoms with Crippen LogP contribution < -0.4 is 5.56 Å². The van der Waals surface area contributed by atoms with Gasteiger partial charge in [-0.05, 0) is 42.7 Å². The Morgan fingerprint density at radius 3 is 2.77 bits per heavy atom. The van der Waals surface area contributed by atoms with Gasteiger partial charge in [-0.1, -0.05) is 35.3 Å². The number of ether oxygens (including phenoxy) is 1. The van der Waals surface area contributed by atoms with Gasteiger partial charge in [-0.15, -0.1) is 0 Å². The first-order valence-electron chi connectivity index (χ1n) is 8.01. The first-order valence-corrected chi connectivity index (χ1v) is 8.76. The molecule has 0 aliphatic rings. The number of nitrogens with zero attached hydrogens (tertiary/aromatic N) is 2. The van der Waals surface area contributed by atoms with Crippen LogP contribution in [0.1, 0.15) is 23.2 Å². The van der Waals surface area contributed by atoms with Crippen LogP contribution in [-0.2, 0) is 22.6 Å². The van der Waals surface area contributed by atoms with E-state index in [0.717, 1.165) is 11.1 Å². The van der Waals surface area contributed by atoms with Gasteiger partial charge in [-0.2, -0.15) is 0 Å². The molecule has 3 aromatic rings. The number of pyridine rings is 1. The Morgan fingerprint density at radius 2 is 2.00 bits per heavy atom. The third-order valence-corrected chi connectivity index (χ3v) is 4.44. The van der Waals surface area contributed by atoms with Gasteiger partial charge in [0.1, 0.15) is 12.3 Å². The van der Waals surface area contributed by atoms with Crippen molar-refractivity contribution in [2.45, 2.75) is 26.4 Å². The molecule has 5 nitrogen and oxygen atoms in total. The van der Waals surface area contributed by atoms with Gasteiger partial charge >= 0.3 is 5.97 Å². The van der Waals surface area contributed by atoms with E-state index in [1.165, 1.54) is 10.5 Å². The molecule has 3 rings (SSSR count). The molecule has 7 heteroatoms. The lowest BCUT2D eigenvalue weighted by Gasteiger charge is -2.07. The zero-order valence-corrected chi connectivity index (χ0v) is 15.5. The topological polar surface area (TPSA) is 60.7 Å². The van der Waals surface area contributed by atoms with E-state index in [4.69, 9.17) is 27.9 Å². The second kappa shape index (κ2) is 7.89. The molecule has 0 saturated heterocycles. The Hall–Kier alpha value is -2.37. The fourth-order valence-corrected chi connectivity index (χ4v) is 3.02. The Kier molecular flexibility index (Phi) is 5.59. The number of benzene rings is 1. The smallest absolute Gasteiger partial charge is 0.306 e. The molecule has 0 aliphatic carbocycles. The summed E-state index contributed by atoms with van der Waals surface area (Å²) in [5.74, 6) is -0.387. The number of aromatic nitrogens is 2. The third kappa shape index (κ3) is 4.42. The second-order valence-corrected chi connectivity index (χ2v) is 6.76. The summed E-state index contributed by atoms with van der Waals surface area (Å²) >= 11 is 11.9. The van der Waals surface area contributed by atoms with Crippen LogP contribution in [0.5, 0.6) is 0 Å². The molecule has 0 unspecified atom stereocenters. The molecule has 0 aliphatic heterocycles. The van der Waals surface area contributed by atoms with E-state index in [1.54, 1.807) is 30.5 Å². The standard InChI is InChI=1S/C19H16Cl2N2O3/c1-12-2-6-17-22-15(9-18(24)23(17)10-12)11-26-19(25)7-4-13-3-5-14(20)8-16(13)21/h2-3,5-6,8-10H,4,7,11H2,1H3. The molecular formula is C19H16Cl2N2O3. The van der Waals surface area contributed by atoms with E-state index in [2.05, 4.69) is 4.98 Å². The molecule has 1 aromatic carbocycles. The largest absolute Gasteiger partial charge is 0.459 e. The fourth-order valence-electron chi connectivity index (χ4n) is 2.52. The molecule has 0 saturated carbocycles. The van der Waals surface area contributed by atoms with Crippen molar-refractivity contribution >= 4 is 34.8 Å². The average molecular weight is 391 g/mol. The maximum absolute atomic E-state index is 12.1. The van der Waals surface area contributed by atoms with Gasteiger partial charge in [-0.3, -0.25) is 14.0 Å². The number of esters is 1. The summed E-state index contributed by atoms with van der Waals surface area (Å²) in [4.78, 5) is 28.4. The number of hydrogen-bond donors (Lipinski definition) is 0. The van der Waals surface area contributed by atoms with E-state index in [9.17, 15) is 9.59 Å². The highest BCUT2D eigenvalue weighted by molar-refractivity contribution is 6.35. The predicted octanol–water partition coefficient (Wildman–Crippen LogP) is 3.99. The van der Waals surface area contributed by atoms with Gasteiger partial charge in [0, 0.05) is 28.7 Å². The van der Waals surface area contributed by atoms with Gasteiger partial charge in [-0.25, -0.2) is 4.98 Å². The lowest BCUT2D eigenvalue weighted by molar-refractivity contribution is -0.145. The molecule has 134 valence electrons. The Labute approximate surface area is 160 Å². The summed E-state index contributed by atoms with van der Waals surface area (Å²) in [5.41, 5.74) is 2.50. The van der Waals surface area contributed by atoms with E-state index in [-0.39, 0.29) is 24.6 Å². The monoisotopic (exact) mass is 390 g/mol. The van der Waals surface area contributed by atoms with Gasteiger partial charge in [0.2, 0.25) is 0 Å². The number of hydrogen-bond acceptors (Lipinski definition) is 4. The summed E-state index contributed by atoms with van der Waals surface area (Å²) in [6.45, 7) is 1.85. The normalized spacial score (nSPS) is 10.9. The summed E-state index contributed by atoms with van der Waals surface area (Å²) in [6, 6.07) is 10.1. The molecule has 0 bridgehead atoms. The van der Waals surface area contributed by atoms with Crippen LogP contribution in [0, 0.1) is 6.92 Å². The van der Waals surface area contributed by atoms with Crippen LogP contribution in [0.15, 0.2) is 47.4 Å². The highest BCUT2D eigenvalue weighted by Crippen LogP contribution is 2.22. The van der Waals surface area contributed by atoms with E-state index in [1.807, 2.05) is 13.0 Å². The van der Waals surface area contributed by atoms with Crippen molar-refractivity contribution in [3.8, 4) is 0 Å². The molecule has 0 fully saturated rings. The van der Waals surface area contributed by atoms with E-state index >= 15 is 0 Å². The molecule has 0 amide bonds. The Balaban J connectivity index is 1.61. The quantitative estimate of drug-likeness (QED) is 0.618. The fraction of sp³-hybridized carbons (Fsp3) is 0.211. The molecular weight excluding hydrogens is 375 g/mol. The first-order chi connectivity index (χ1) is 12.4. The van der Waals surface area contributed by atoms with Crippen LogP contribution >= 0.6 is 23.2 Å². The summed E-state index contributed by atoms with van der Waals surface area (Å²) in [7, 11) is 0. The minimum atomic E-state index is -0.387. The number of carbonyl (C=O) groups is 1. The molecule has 0 spiro atoms. The Morgan fingerprint density at radius 1 is 1.19 bits per heavy atom. The van der Waals surface area contributed by atoms with Gasteiger partial charge in [0.05, 0.1) is 5.69 Å². The molecule has 0 N–H and O–H groups in total. The van der Waals surface area contributed by atoms with Crippen LogP contribution in [0.4, 0.5) is 0 Å². The predicted molar refractivity (Wildman–Crippen MR) is 101 cm³/mol. The van der Waals surface area contributed by atoms with Gasteiger partial charge < -0.3 is 4.74 Å². The zero-order chi connectivity index (χ0) is 18.7. The zero-order valence-electron chi connectivity index (χ0n) is 14.0. The van der Waals surface area contributed by atoms with Crippen molar-refractivity contribution in [2.75, 3.05) is 0 Å². The highest BCUT2D eigenvalue weighted by Gasteiger charge is 2.09. The minimum absolute atomic E-state index is 0.0488. The molecule has 2 heterocycles. The summed E-state index contributed by atoms with van der Waals surface area (Å²) < 4.78 is 6.68. The van der Waals surface area contributed by atoms with Gasteiger partial charge in [0.25, 0.3) is 5.56 Å². The molecule has 0 atom stereocenters. The van der Waals surface area contributed by atoms with Crippen LogP contribution in [-0.4, -0.2) is 15.4 Å². The van der Waals surface area contributed by atoms with E-state index in [0.29, 0.717) is 27.8 Å². The number of carbonyl (C=O) groups excluding carboxylic acids is 1. The SMILES string of the molecule is Cc1ccc2nc(COC(=O)CCc3ccc(Cl)cc3Cl)cc(=O)n2c1. The number of fused-ring (bicyclic) bond motifs is 1.